The molecule has 0 aliphatic heterocycles. The summed E-state index contributed by atoms with van der Waals surface area (Å²) in [5.74, 6) is 0.651. The summed E-state index contributed by atoms with van der Waals surface area (Å²) in [6.07, 6.45) is 3.16. The van der Waals surface area contributed by atoms with E-state index in [0.717, 1.165) is 5.56 Å². The van der Waals surface area contributed by atoms with Gasteiger partial charge in [0.2, 0.25) is 0 Å². The van der Waals surface area contributed by atoms with Crippen LogP contribution in [0.4, 0.5) is 0 Å². The van der Waals surface area contributed by atoms with Crippen LogP contribution in [-0.4, -0.2) is 6.61 Å². The maximum absolute atomic E-state index is 12.5. The van der Waals surface area contributed by atoms with Crippen LogP contribution in [-0.2, 0) is 0 Å². The van der Waals surface area contributed by atoms with Gasteiger partial charge in [0.25, 0.3) is 0 Å². The van der Waals surface area contributed by atoms with Crippen LogP contribution in [0.25, 0.3) is 22.1 Å². The molecule has 0 atom stereocenters. The molecule has 0 spiro atoms. The molecule has 0 aliphatic rings. The third kappa shape index (κ3) is 2.58. The molecule has 3 heteroatoms. The summed E-state index contributed by atoms with van der Waals surface area (Å²) in [6.45, 7) is 4.01. The summed E-state index contributed by atoms with van der Waals surface area (Å²) in [7, 11) is 0. The summed E-state index contributed by atoms with van der Waals surface area (Å²) in [5.41, 5.74) is 1.88. The Morgan fingerprint density at radius 1 is 1.14 bits per heavy atom. The van der Waals surface area contributed by atoms with Gasteiger partial charge in [0, 0.05) is 6.07 Å². The quantitative estimate of drug-likeness (QED) is 0.676. The van der Waals surface area contributed by atoms with Crippen molar-refractivity contribution >= 4 is 11.0 Å². The minimum absolute atomic E-state index is 0.0438. The lowest BCUT2D eigenvalue weighted by molar-refractivity contribution is 0.363. The molecule has 3 aromatic rings. The van der Waals surface area contributed by atoms with E-state index in [1.165, 1.54) is 6.26 Å². The molecule has 1 heterocycles. The van der Waals surface area contributed by atoms with Gasteiger partial charge in [-0.1, -0.05) is 43.0 Å². The van der Waals surface area contributed by atoms with E-state index in [0.29, 0.717) is 28.9 Å². The zero-order valence-corrected chi connectivity index (χ0v) is 11.4. The monoisotopic (exact) mass is 278 g/mol. The third-order valence-corrected chi connectivity index (χ3v) is 3.20. The fourth-order valence-corrected chi connectivity index (χ4v) is 2.17. The predicted molar refractivity (Wildman–Crippen MR) is 83.6 cm³/mol. The lowest BCUT2D eigenvalue weighted by Crippen LogP contribution is -2.04. The van der Waals surface area contributed by atoms with Crippen LogP contribution in [0.1, 0.15) is 0 Å². The van der Waals surface area contributed by atoms with Crippen molar-refractivity contribution in [3.8, 4) is 16.9 Å². The normalized spacial score (nSPS) is 10.5. The Morgan fingerprint density at radius 3 is 2.71 bits per heavy atom. The van der Waals surface area contributed by atoms with Gasteiger partial charge >= 0.3 is 0 Å². The van der Waals surface area contributed by atoms with Crippen molar-refractivity contribution in [2.24, 2.45) is 0 Å². The Balaban J connectivity index is 2.10. The molecule has 0 aliphatic carbocycles. The summed E-state index contributed by atoms with van der Waals surface area (Å²) in [4.78, 5) is 12.5. The molecule has 0 saturated carbocycles. The van der Waals surface area contributed by atoms with E-state index in [-0.39, 0.29) is 5.43 Å². The lowest BCUT2D eigenvalue weighted by atomic mass is 10.1. The smallest absolute Gasteiger partial charge is 0.200 e. The van der Waals surface area contributed by atoms with Crippen LogP contribution in [0.2, 0.25) is 0 Å². The van der Waals surface area contributed by atoms with Crippen LogP contribution < -0.4 is 10.2 Å². The topological polar surface area (TPSA) is 39.4 Å². The average Bonchev–Trinajstić information content (AvgIpc) is 2.54. The van der Waals surface area contributed by atoms with E-state index in [4.69, 9.17) is 9.15 Å². The van der Waals surface area contributed by atoms with Crippen LogP contribution in [0, 0.1) is 0 Å². The SMILES string of the molecule is C=CCOc1ccc2c(=O)c(-c3ccccc3)coc2c1. The molecule has 0 radical (unpaired) electrons. The van der Waals surface area contributed by atoms with Gasteiger partial charge in [0.1, 0.15) is 24.2 Å². The van der Waals surface area contributed by atoms with Crippen molar-refractivity contribution in [1.82, 2.24) is 0 Å². The minimum Gasteiger partial charge on any atom is -0.489 e. The first kappa shape index (κ1) is 13.2. The second-order valence-electron chi connectivity index (χ2n) is 4.60. The zero-order chi connectivity index (χ0) is 14.7. The fraction of sp³-hybridized carbons (Fsp3) is 0.0556. The molecule has 104 valence electrons. The minimum atomic E-state index is -0.0438. The molecule has 21 heavy (non-hydrogen) atoms. The molecule has 0 N–H and O–H groups in total. The van der Waals surface area contributed by atoms with Crippen molar-refractivity contribution in [1.29, 1.82) is 0 Å². The largest absolute Gasteiger partial charge is 0.489 e. The molecular formula is C18H14O3. The van der Waals surface area contributed by atoms with Gasteiger partial charge in [-0.25, -0.2) is 0 Å². The van der Waals surface area contributed by atoms with E-state index in [2.05, 4.69) is 6.58 Å². The Hall–Kier alpha value is -2.81. The van der Waals surface area contributed by atoms with E-state index >= 15 is 0 Å². The number of hydrogen-bond acceptors (Lipinski definition) is 3. The van der Waals surface area contributed by atoms with Gasteiger partial charge in [-0.2, -0.15) is 0 Å². The Kier molecular flexibility index (Phi) is 3.56. The van der Waals surface area contributed by atoms with Gasteiger partial charge < -0.3 is 9.15 Å². The first-order valence-electron chi connectivity index (χ1n) is 6.64. The second kappa shape index (κ2) is 5.67. The molecule has 0 bridgehead atoms. The number of hydrogen-bond donors (Lipinski definition) is 0. The maximum atomic E-state index is 12.5. The maximum Gasteiger partial charge on any atom is 0.200 e. The first-order valence-corrected chi connectivity index (χ1v) is 6.64. The Morgan fingerprint density at radius 2 is 1.95 bits per heavy atom. The van der Waals surface area contributed by atoms with Crippen LogP contribution >= 0.6 is 0 Å². The molecule has 3 rings (SSSR count). The summed E-state index contributed by atoms with van der Waals surface area (Å²) < 4.78 is 11.0. The Labute approximate surface area is 122 Å². The van der Waals surface area contributed by atoms with E-state index in [9.17, 15) is 4.79 Å². The Bertz CT molecular complexity index is 832. The van der Waals surface area contributed by atoms with E-state index in [1.807, 2.05) is 30.3 Å². The van der Waals surface area contributed by atoms with Gasteiger partial charge in [0.05, 0.1) is 10.9 Å². The summed E-state index contributed by atoms with van der Waals surface area (Å²) in [5, 5.41) is 0.544. The fourth-order valence-electron chi connectivity index (χ4n) is 2.17. The van der Waals surface area contributed by atoms with Crippen LogP contribution in [0.5, 0.6) is 5.75 Å². The summed E-state index contributed by atoms with van der Waals surface area (Å²) >= 11 is 0. The van der Waals surface area contributed by atoms with Crippen molar-refractivity contribution in [3.05, 3.63) is 77.7 Å². The van der Waals surface area contributed by atoms with Gasteiger partial charge in [-0.15, -0.1) is 0 Å². The van der Waals surface area contributed by atoms with Gasteiger partial charge in [-0.3, -0.25) is 4.79 Å². The highest BCUT2D eigenvalue weighted by atomic mass is 16.5. The van der Waals surface area contributed by atoms with Crippen LogP contribution in [0.3, 0.4) is 0 Å². The zero-order valence-electron chi connectivity index (χ0n) is 11.4. The molecule has 3 nitrogen and oxygen atoms in total. The van der Waals surface area contributed by atoms with Crippen LogP contribution in [0.15, 0.2) is 76.7 Å². The third-order valence-electron chi connectivity index (χ3n) is 3.20. The highest BCUT2D eigenvalue weighted by Crippen LogP contribution is 2.22. The molecular weight excluding hydrogens is 264 g/mol. The van der Waals surface area contributed by atoms with E-state index < -0.39 is 0 Å². The highest BCUT2D eigenvalue weighted by Gasteiger charge is 2.09. The standard InChI is InChI=1S/C18H14O3/c1-2-10-20-14-8-9-15-17(11-14)21-12-16(18(15)19)13-6-4-3-5-7-13/h2-9,11-12H,1,10H2. The van der Waals surface area contributed by atoms with Gasteiger partial charge in [0.15, 0.2) is 5.43 Å². The predicted octanol–water partition coefficient (Wildman–Crippen LogP) is 4.02. The first-order chi connectivity index (χ1) is 10.3. The second-order valence-corrected chi connectivity index (χ2v) is 4.60. The molecule has 0 fully saturated rings. The number of rotatable bonds is 4. The highest BCUT2D eigenvalue weighted by molar-refractivity contribution is 5.82. The number of ether oxygens (including phenoxy) is 1. The molecule has 0 saturated heterocycles. The lowest BCUT2D eigenvalue weighted by Gasteiger charge is -2.05. The van der Waals surface area contributed by atoms with Crippen molar-refractivity contribution in [3.63, 3.8) is 0 Å². The average molecular weight is 278 g/mol. The van der Waals surface area contributed by atoms with Crippen molar-refractivity contribution in [2.45, 2.75) is 0 Å². The van der Waals surface area contributed by atoms with Crippen molar-refractivity contribution in [2.75, 3.05) is 6.61 Å². The summed E-state index contributed by atoms with van der Waals surface area (Å²) in [6, 6.07) is 14.7. The van der Waals surface area contributed by atoms with Crippen molar-refractivity contribution < 1.29 is 9.15 Å². The number of benzene rings is 2. The van der Waals surface area contributed by atoms with E-state index in [1.54, 1.807) is 24.3 Å². The molecule has 0 amide bonds. The molecule has 0 unspecified atom stereocenters. The number of fused-ring (bicyclic) bond motifs is 1. The van der Waals surface area contributed by atoms with Gasteiger partial charge in [-0.05, 0) is 17.7 Å². The molecule has 1 aromatic heterocycles. The molecule has 2 aromatic carbocycles.